The van der Waals surface area contributed by atoms with Gasteiger partial charge < -0.3 is 10.1 Å². The van der Waals surface area contributed by atoms with Crippen LogP contribution in [-0.2, 0) is 9.53 Å². The van der Waals surface area contributed by atoms with E-state index >= 15 is 0 Å². The summed E-state index contributed by atoms with van der Waals surface area (Å²) in [5.41, 5.74) is 1.11. The maximum atomic E-state index is 11.6. The SMILES string of the molecule is CCOC(=O)C(C(C)=N)c1ccccc1. The Morgan fingerprint density at radius 3 is 2.47 bits per heavy atom. The number of nitrogens with one attached hydrogen (secondary N) is 1. The molecule has 0 radical (unpaired) electrons. The highest BCUT2D eigenvalue weighted by molar-refractivity contribution is 6.04. The Hall–Kier alpha value is -1.64. The lowest BCUT2D eigenvalue weighted by Gasteiger charge is -2.14. The summed E-state index contributed by atoms with van der Waals surface area (Å²) in [5.74, 6) is -0.914. The van der Waals surface area contributed by atoms with Crippen molar-refractivity contribution in [2.24, 2.45) is 0 Å². The topological polar surface area (TPSA) is 50.2 Å². The lowest BCUT2D eigenvalue weighted by molar-refractivity contribution is -0.143. The predicted molar refractivity (Wildman–Crippen MR) is 59.2 cm³/mol. The molecule has 0 aromatic heterocycles. The molecule has 0 spiro atoms. The Bertz CT molecular complexity index is 346. The van der Waals surface area contributed by atoms with Crippen molar-refractivity contribution in [3.05, 3.63) is 35.9 Å². The molecular formula is C12H15NO2. The van der Waals surface area contributed by atoms with Crippen LogP contribution < -0.4 is 0 Å². The molecule has 0 bridgehead atoms. The normalized spacial score (nSPS) is 11.9. The van der Waals surface area contributed by atoms with Gasteiger partial charge in [0.15, 0.2) is 0 Å². The second kappa shape index (κ2) is 5.29. The van der Waals surface area contributed by atoms with Crippen molar-refractivity contribution in [2.45, 2.75) is 19.8 Å². The zero-order chi connectivity index (χ0) is 11.3. The van der Waals surface area contributed by atoms with Gasteiger partial charge in [0, 0.05) is 5.71 Å². The predicted octanol–water partition coefficient (Wildman–Crippen LogP) is 2.37. The van der Waals surface area contributed by atoms with Crippen LogP contribution in [0.25, 0.3) is 0 Å². The van der Waals surface area contributed by atoms with E-state index in [4.69, 9.17) is 10.1 Å². The van der Waals surface area contributed by atoms with Crippen LogP contribution in [-0.4, -0.2) is 18.3 Å². The summed E-state index contributed by atoms with van der Waals surface area (Å²) in [6.45, 7) is 3.73. The highest BCUT2D eigenvalue weighted by atomic mass is 16.5. The summed E-state index contributed by atoms with van der Waals surface area (Å²) in [6, 6.07) is 9.25. The quantitative estimate of drug-likeness (QED) is 0.606. The molecule has 0 heterocycles. The largest absolute Gasteiger partial charge is 0.465 e. The van der Waals surface area contributed by atoms with Gasteiger partial charge in [-0.15, -0.1) is 0 Å². The molecule has 1 aromatic carbocycles. The van der Waals surface area contributed by atoms with Gasteiger partial charge in [-0.25, -0.2) is 0 Å². The standard InChI is InChI=1S/C12H15NO2/c1-3-15-12(14)11(9(2)13)10-7-5-4-6-8-10/h4-8,11,13H,3H2,1-2H3. The van der Waals surface area contributed by atoms with Crippen molar-refractivity contribution < 1.29 is 9.53 Å². The van der Waals surface area contributed by atoms with E-state index < -0.39 is 5.92 Å². The van der Waals surface area contributed by atoms with Gasteiger partial charge in [-0.05, 0) is 19.4 Å². The first kappa shape index (κ1) is 11.4. The Morgan fingerprint density at radius 1 is 1.40 bits per heavy atom. The van der Waals surface area contributed by atoms with Gasteiger partial charge in [0.2, 0.25) is 0 Å². The molecule has 80 valence electrons. The summed E-state index contributed by atoms with van der Waals surface area (Å²) in [5, 5.41) is 7.60. The summed E-state index contributed by atoms with van der Waals surface area (Å²) < 4.78 is 4.94. The van der Waals surface area contributed by atoms with Gasteiger partial charge in [0.25, 0.3) is 0 Å². The maximum absolute atomic E-state index is 11.6. The van der Waals surface area contributed by atoms with Gasteiger partial charge in [-0.1, -0.05) is 30.3 Å². The van der Waals surface area contributed by atoms with E-state index in [-0.39, 0.29) is 5.97 Å². The van der Waals surface area contributed by atoms with Crippen molar-refractivity contribution in [2.75, 3.05) is 6.61 Å². The summed E-state index contributed by atoms with van der Waals surface area (Å²) in [6.07, 6.45) is 0. The third kappa shape index (κ3) is 2.91. The van der Waals surface area contributed by atoms with Crippen LogP contribution in [0.15, 0.2) is 30.3 Å². The summed E-state index contributed by atoms with van der Waals surface area (Å²) in [4.78, 5) is 11.6. The maximum Gasteiger partial charge on any atom is 0.319 e. The first-order valence-corrected chi connectivity index (χ1v) is 4.93. The number of carbonyl (C=O) groups is 1. The van der Waals surface area contributed by atoms with Crippen molar-refractivity contribution >= 4 is 11.7 Å². The van der Waals surface area contributed by atoms with Gasteiger partial charge in [0.1, 0.15) is 5.92 Å². The van der Waals surface area contributed by atoms with E-state index in [1.165, 1.54) is 0 Å². The zero-order valence-electron chi connectivity index (χ0n) is 8.99. The van der Waals surface area contributed by atoms with Gasteiger partial charge in [0.05, 0.1) is 6.61 Å². The lowest BCUT2D eigenvalue weighted by Crippen LogP contribution is -2.21. The molecule has 1 atom stereocenters. The molecular weight excluding hydrogens is 190 g/mol. The van der Waals surface area contributed by atoms with E-state index in [0.717, 1.165) is 5.56 Å². The smallest absolute Gasteiger partial charge is 0.319 e. The summed E-state index contributed by atoms with van der Waals surface area (Å²) in [7, 11) is 0. The molecule has 1 rings (SSSR count). The number of hydrogen-bond donors (Lipinski definition) is 1. The third-order valence-corrected chi connectivity index (χ3v) is 2.09. The number of rotatable bonds is 4. The van der Waals surface area contributed by atoms with Crippen LogP contribution in [0.4, 0.5) is 0 Å². The van der Waals surface area contributed by atoms with Crippen LogP contribution in [0.2, 0.25) is 0 Å². The first-order valence-electron chi connectivity index (χ1n) is 4.93. The van der Waals surface area contributed by atoms with Gasteiger partial charge in [-0.3, -0.25) is 4.79 Å². The Kier molecular flexibility index (Phi) is 4.03. The number of benzene rings is 1. The number of hydrogen-bond acceptors (Lipinski definition) is 3. The average molecular weight is 205 g/mol. The number of ether oxygens (including phenoxy) is 1. The highest BCUT2D eigenvalue weighted by Gasteiger charge is 2.23. The van der Waals surface area contributed by atoms with Gasteiger partial charge >= 0.3 is 5.97 Å². The fourth-order valence-corrected chi connectivity index (χ4v) is 1.43. The van der Waals surface area contributed by atoms with Crippen LogP contribution >= 0.6 is 0 Å². The number of carbonyl (C=O) groups excluding carboxylic acids is 1. The van der Waals surface area contributed by atoms with Crippen molar-refractivity contribution in [1.82, 2.24) is 0 Å². The Morgan fingerprint density at radius 2 is 2.00 bits per heavy atom. The third-order valence-electron chi connectivity index (χ3n) is 2.09. The lowest BCUT2D eigenvalue weighted by atomic mass is 9.95. The molecule has 15 heavy (non-hydrogen) atoms. The van der Waals surface area contributed by atoms with E-state index in [9.17, 15) is 4.79 Å². The van der Waals surface area contributed by atoms with Crippen LogP contribution in [0.1, 0.15) is 25.3 Å². The fraction of sp³-hybridized carbons (Fsp3) is 0.333. The molecule has 3 heteroatoms. The van der Waals surface area contributed by atoms with E-state index in [0.29, 0.717) is 12.3 Å². The van der Waals surface area contributed by atoms with Crippen molar-refractivity contribution in [3.63, 3.8) is 0 Å². The van der Waals surface area contributed by atoms with Crippen molar-refractivity contribution in [3.8, 4) is 0 Å². The molecule has 0 aliphatic rings. The molecule has 0 fully saturated rings. The Balaban J connectivity index is 2.94. The molecule has 0 amide bonds. The zero-order valence-corrected chi connectivity index (χ0v) is 8.99. The van der Waals surface area contributed by atoms with Crippen LogP contribution in [0, 0.1) is 5.41 Å². The van der Waals surface area contributed by atoms with Crippen molar-refractivity contribution in [1.29, 1.82) is 5.41 Å². The van der Waals surface area contributed by atoms with Gasteiger partial charge in [-0.2, -0.15) is 0 Å². The average Bonchev–Trinajstić information content (AvgIpc) is 2.19. The minimum atomic E-state index is -0.564. The Labute approximate surface area is 89.6 Å². The van der Waals surface area contributed by atoms with Crippen LogP contribution in [0.3, 0.4) is 0 Å². The van der Waals surface area contributed by atoms with E-state index in [1.807, 2.05) is 30.3 Å². The molecule has 3 nitrogen and oxygen atoms in total. The minimum Gasteiger partial charge on any atom is -0.465 e. The molecule has 0 aliphatic carbocycles. The molecule has 0 saturated heterocycles. The molecule has 0 saturated carbocycles. The minimum absolute atomic E-state index is 0.305. The first-order chi connectivity index (χ1) is 7.16. The number of esters is 1. The van der Waals surface area contributed by atoms with E-state index in [1.54, 1.807) is 13.8 Å². The molecule has 1 aromatic rings. The van der Waals surface area contributed by atoms with E-state index in [2.05, 4.69) is 0 Å². The summed E-state index contributed by atoms with van der Waals surface area (Å²) >= 11 is 0. The highest BCUT2D eigenvalue weighted by Crippen LogP contribution is 2.18. The second-order valence-electron chi connectivity index (χ2n) is 3.28. The fourth-order valence-electron chi connectivity index (χ4n) is 1.43. The molecule has 1 N–H and O–H groups in total. The molecule has 1 unspecified atom stereocenters. The second-order valence-corrected chi connectivity index (χ2v) is 3.28. The molecule has 0 aliphatic heterocycles. The monoisotopic (exact) mass is 205 g/mol. The van der Waals surface area contributed by atoms with Crippen LogP contribution in [0.5, 0.6) is 0 Å².